The predicted octanol–water partition coefficient (Wildman–Crippen LogP) is 3.97. The highest BCUT2D eigenvalue weighted by Gasteiger charge is 2.05. The van der Waals surface area contributed by atoms with Crippen LogP contribution in [0.4, 0.5) is 16.2 Å². The lowest BCUT2D eigenvalue weighted by molar-refractivity contribution is 0.610. The number of nitrogens with zero attached hydrogens (tertiary/aromatic N) is 3. The van der Waals surface area contributed by atoms with Crippen LogP contribution in [0.25, 0.3) is 0 Å². The van der Waals surface area contributed by atoms with Gasteiger partial charge in [0.1, 0.15) is 5.82 Å². The van der Waals surface area contributed by atoms with Crippen LogP contribution in [0.5, 0.6) is 0 Å². The van der Waals surface area contributed by atoms with E-state index in [4.69, 9.17) is 0 Å². The Bertz CT molecular complexity index is 716. The van der Waals surface area contributed by atoms with E-state index in [0.717, 1.165) is 13.0 Å². The molecule has 5 nitrogen and oxygen atoms in total. The predicted molar refractivity (Wildman–Crippen MR) is 98.1 cm³/mol. The number of allylic oxidation sites excluding steroid dienone is 1. The van der Waals surface area contributed by atoms with E-state index < -0.39 is 0 Å². The molecule has 0 fully saturated rings. The maximum absolute atomic E-state index is 13.6. The minimum atomic E-state index is -0.176. The second-order valence-electron chi connectivity index (χ2n) is 6.22. The van der Waals surface area contributed by atoms with E-state index in [1.165, 1.54) is 37.3 Å². The zero-order chi connectivity index (χ0) is 17.3. The third-order valence-corrected chi connectivity index (χ3v) is 4.33. The van der Waals surface area contributed by atoms with Crippen molar-refractivity contribution in [2.24, 2.45) is 0 Å². The van der Waals surface area contributed by atoms with Crippen molar-refractivity contribution in [3.63, 3.8) is 0 Å². The Balaban J connectivity index is 1.44. The minimum absolute atomic E-state index is 0.176. The summed E-state index contributed by atoms with van der Waals surface area (Å²) in [5.74, 6) is 0.988. The molecule has 1 heterocycles. The molecule has 0 atom stereocenters. The van der Waals surface area contributed by atoms with Gasteiger partial charge >= 0.3 is 0 Å². The molecule has 1 aliphatic rings. The first-order chi connectivity index (χ1) is 12.3. The third-order valence-electron chi connectivity index (χ3n) is 4.33. The zero-order valence-corrected chi connectivity index (χ0v) is 14.3. The molecular weight excluding hydrogens is 317 g/mol. The molecule has 0 spiro atoms. The average Bonchev–Trinajstić information content (AvgIpc) is 2.65. The van der Waals surface area contributed by atoms with Gasteiger partial charge in [-0.1, -0.05) is 29.8 Å². The molecule has 3 rings (SSSR count). The highest BCUT2D eigenvalue weighted by atomic mass is 19.1. The number of benzene rings is 1. The van der Waals surface area contributed by atoms with Crippen LogP contribution in [0.15, 0.2) is 42.1 Å². The molecule has 0 unspecified atom stereocenters. The van der Waals surface area contributed by atoms with Gasteiger partial charge < -0.3 is 10.6 Å². The smallest absolute Gasteiger partial charge is 0.244 e. The average molecular weight is 341 g/mol. The van der Waals surface area contributed by atoms with Crippen LogP contribution >= 0.6 is 0 Å². The van der Waals surface area contributed by atoms with E-state index >= 15 is 0 Å². The molecule has 1 aromatic heterocycles. The Morgan fingerprint density at radius 3 is 2.76 bits per heavy atom. The first kappa shape index (κ1) is 17.3. The molecule has 6 heteroatoms. The van der Waals surface area contributed by atoms with Gasteiger partial charge in [-0.3, -0.25) is 0 Å². The van der Waals surface area contributed by atoms with E-state index in [1.807, 2.05) is 6.07 Å². The Labute approximate surface area is 147 Å². The zero-order valence-electron chi connectivity index (χ0n) is 14.3. The first-order valence-corrected chi connectivity index (χ1v) is 8.90. The fourth-order valence-electron chi connectivity index (χ4n) is 2.96. The first-order valence-electron chi connectivity index (χ1n) is 8.90. The molecule has 1 aromatic carbocycles. The summed E-state index contributed by atoms with van der Waals surface area (Å²) in [5.41, 5.74) is 2.21. The molecule has 0 saturated carbocycles. The number of anilines is 2. The molecular formula is C19H24FN5. The second-order valence-corrected chi connectivity index (χ2v) is 6.22. The maximum atomic E-state index is 13.6. The van der Waals surface area contributed by atoms with Crippen molar-refractivity contribution in [3.05, 3.63) is 53.5 Å². The number of hydrogen-bond donors (Lipinski definition) is 2. The van der Waals surface area contributed by atoms with Crippen molar-refractivity contribution in [2.45, 2.75) is 38.5 Å². The normalized spacial score (nSPS) is 14.0. The minimum Gasteiger partial charge on any atom is -0.368 e. The summed E-state index contributed by atoms with van der Waals surface area (Å²) in [6, 6.07) is 6.81. The number of nitrogens with one attached hydrogen (secondary N) is 2. The summed E-state index contributed by atoms with van der Waals surface area (Å²) in [6.45, 7) is 1.40. The fraction of sp³-hybridized carbons (Fsp3) is 0.421. The van der Waals surface area contributed by atoms with Gasteiger partial charge in [-0.05, 0) is 50.2 Å². The summed E-state index contributed by atoms with van der Waals surface area (Å²) in [6.07, 6.45) is 10.6. The van der Waals surface area contributed by atoms with E-state index in [0.29, 0.717) is 30.3 Å². The van der Waals surface area contributed by atoms with Crippen LogP contribution in [0.1, 0.15) is 37.7 Å². The number of halogens is 1. The van der Waals surface area contributed by atoms with Crippen molar-refractivity contribution in [2.75, 3.05) is 23.7 Å². The van der Waals surface area contributed by atoms with Crippen molar-refractivity contribution >= 4 is 11.8 Å². The Hall–Kier alpha value is -2.50. The molecule has 2 N–H and O–H groups in total. The SMILES string of the molecule is Fc1ccccc1CCNc1cnnc(NCCC2=CCCCC2)n1. The molecule has 25 heavy (non-hydrogen) atoms. The summed E-state index contributed by atoms with van der Waals surface area (Å²) >= 11 is 0. The van der Waals surface area contributed by atoms with E-state index in [1.54, 1.807) is 18.3 Å². The molecule has 1 aliphatic carbocycles. The van der Waals surface area contributed by atoms with Crippen LogP contribution in [-0.2, 0) is 6.42 Å². The van der Waals surface area contributed by atoms with Crippen LogP contribution in [0.2, 0.25) is 0 Å². The van der Waals surface area contributed by atoms with Crippen LogP contribution < -0.4 is 10.6 Å². The van der Waals surface area contributed by atoms with Crippen molar-refractivity contribution in [1.82, 2.24) is 15.2 Å². The van der Waals surface area contributed by atoms with Gasteiger partial charge in [-0.25, -0.2) is 4.39 Å². The van der Waals surface area contributed by atoms with Crippen LogP contribution in [0, 0.1) is 5.82 Å². The topological polar surface area (TPSA) is 62.7 Å². The molecule has 2 aromatic rings. The van der Waals surface area contributed by atoms with Gasteiger partial charge in [-0.2, -0.15) is 10.1 Å². The molecule has 0 radical (unpaired) electrons. The maximum Gasteiger partial charge on any atom is 0.244 e. The quantitative estimate of drug-likeness (QED) is 0.712. The summed E-state index contributed by atoms with van der Waals surface area (Å²) in [4.78, 5) is 4.40. The molecule has 0 aliphatic heterocycles. The summed E-state index contributed by atoms with van der Waals surface area (Å²) in [5, 5.41) is 14.4. The van der Waals surface area contributed by atoms with Gasteiger partial charge in [-0.15, -0.1) is 5.10 Å². The highest BCUT2D eigenvalue weighted by molar-refractivity contribution is 5.37. The van der Waals surface area contributed by atoms with Gasteiger partial charge in [0.15, 0.2) is 5.82 Å². The molecule has 0 amide bonds. The standard InChI is InChI=1S/C19H24FN5/c20-17-9-5-4-8-16(17)11-13-21-18-14-23-25-19(24-18)22-12-10-15-6-2-1-3-7-15/h4-6,8-9,14H,1-3,7,10-13H2,(H2,21,22,24,25). The van der Waals surface area contributed by atoms with E-state index in [-0.39, 0.29) is 5.82 Å². The molecule has 0 bridgehead atoms. The van der Waals surface area contributed by atoms with Gasteiger partial charge in [0.05, 0.1) is 6.20 Å². The Morgan fingerprint density at radius 2 is 1.92 bits per heavy atom. The van der Waals surface area contributed by atoms with Crippen LogP contribution in [0.3, 0.4) is 0 Å². The molecule has 132 valence electrons. The van der Waals surface area contributed by atoms with Gasteiger partial charge in [0.2, 0.25) is 5.95 Å². The van der Waals surface area contributed by atoms with Crippen molar-refractivity contribution in [1.29, 1.82) is 0 Å². The fourth-order valence-corrected chi connectivity index (χ4v) is 2.96. The number of aromatic nitrogens is 3. The monoisotopic (exact) mass is 341 g/mol. The summed E-state index contributed by atoms with van der Waals surface area (Å²) < 4.78 is 13.6. The number of hydrogen-bond acceptors (Lipinski definition) is 5. The van der Waals surface area contributed by atoms with E-state index in [2.05, 4.69) is 31.9 Å². The Morgan fingerprint density at radius 1 is 1.04 bits per heavy atom. The highest BCUT2D eigenvalue weighted by Crippen LogP contribution is 2.19. The van der Waals surface area contributed by atoms with E-state index in [9.17, 15) is 4.39 Å². The lowest BCUT2D eigenvalue weighted by Crippen LogP contribution is -2.11. The van der Waals surface area contributed by atoms with Crippen molar-refractivity contribution < 1.29 is 4.39 Å². The lowest BCUT2D eigenvalue weighted by atomic mass is 9.97. The van der Waals surface area contributed by atoms with Crippen molar-refractivity contribution in [3.8, 4) is 0 Å². The largest absolute Gasteiger partial charge is 0.368 e. The van der Waals surface area contributed by atoms with Gasteiger partial charge in [0.25, 0.3) is 0 Å². The van der Waals surface area contributed by atoms with Gasteiger partial charge in [0, 0.05) is 13.1 Å². The third kappa shape index (κ3) is 5.52. The number of rotatable bonds is 8. The lowest BCUT2D eigenvalue weighted by Gasteiger charge is -2.13. The summed E-state index contributed by atoms with van der Waals surface area (Å²) in [7, 11) is 0. The Kier molecular flexibility index (Phi) is 6.31. The second kappa shape index (κ2) is 9.11. The molecule has 0 saturated heterocycles. The van der Waals surface area contributed by atoms with Crippen LogP contribution in [-0.4, -0.2) is 28.3 Å².